The van der Waals surface area contributed by atoms with E-state index in [-0.39, 0.29) is 24.2 Å². The number of nitrogens with one attached hydrogen (secondary N) is 1. The van der Waals surface area contributed by atoms with Crippen molar-refractivity contribution < 1.29 is 9.53 Å². The van der Waals surface area contributed by atoms with Gasteiger partial charge in [-0.2, -0.15) is 5.10 Å². The van der Waals surface area contributed by atoms with Gasteiger partial charge in [-0.3, -0.25) is 4.79 Å². The smallest absolute Gasteiger partial charge is 0.217 e. The van der Waals surface area contributed by atoms with Crippen LogP contribution in [0.15, 0.2) is 67.3 Å². The summed E-state index contributed by atoms with van der Waals surface area (Å²) in [6.07, 6.45) is 5.64. The molecule has 28 heavy (non-hydrogen) atoms. The maximum Gasteiger partial charge on any atom is 0.217 e. The van der Waals surface area contributed by atoms with E-state index in [2.05, 4.69) is 39.7 Å². The lowest BCUT2D eigenvalue weighted by atomic mass is 9.91. The zero-order valence-electron chi connectivity index (χ0n) is 15.9. The molecule has 144 valence electrons. The topological polar surface area (TPSA) is 69.0 Å². The highest BCUT2D eigenvalue weighted by Crippen LogP contribution is 2.33. The van der Waals surface area contributed by atoms with Crippen LogP contribution < -0.4 is 5.32 Å². The Balaban J connectivity index is 1.51. The third kappa shape index (κ3) is 4.46. The van der Waals surface area contributed by atoms with Crippen LogP contribution in [-0.4, -0.2) is 32.8 Å². The molecule has 1 saturated heterocycles. The normalized spacial score (nSPS) is 22.0. The zero-order chi connectivity index (χ0) is 19.3. The standard InChI is InChI=1S/C22H24N4O2/c1-16(27)25-19-12-21(11-17-5-3-2-4-6-17)28-22(13-19)18-7-9-20(10-8-18)26-15-23-14-24-26/h2-10,14-15,19,21-22H,11-13H2,1H3,(H,25,27)/t19-,21+,22+/m1/s1. The molecule has 4 rings (SSSR count). The highest BCUT2D eigenvalue weighted by atomic mass is 16.5. The largest absolute Gasteiger partial charge is 0.370 e. The molecule has 0 spiro atoms. The van der Waals surface area contributed by atoms with Crippen LogP contribution in [0.5, 0.6) is 0 Å². The summed E-state index contributed by atoms with van der Waals surface area (Å²) in [5.41, 5.74) is 3.31. The third-order valence-corrected chi connectivity index (χ3v) is 5.06. The van der Waals surface area contributed by atoms with Gasteiger partial charge in [-0.05, 0) is 42.5 Å². The Labute approximate surface area is 164 Å². The number of rotatable bonds is 5. The molecule has 1 aliphatic heterocycles. The Morgan fingerprint density at radius 3 is 2.61 bits per heavy atom. The first-order valence-electron chi connectivity index (χ1n) is 9.59. The Hall–Kier alpha value is -2.99. The Morgan fingerprint density at radius 1 is 1.14 bits per heavy atom. The molecular formula is C22H24N4O2. The van der Waals surface area contributed by atoms with Crippen molar-refractivity contribution in [3.05, 3.63) is 78.4 Å². The van der Waals surface area contributed by atoms with Gasteiger partial charge in [-0.15, -0.1) is 0 Å². The Bertz CT molecular complexity index is 894. The van der Waals surface area contributed by atoms with E-state index in [0.29, 0.717) is 0 Å². The lowest BCUT2D eigenvalue weighted by Gasteiger charge is -2.36. The molecule has 2 heterocycles. The van der Waals surface area contributed by atoms with Crippen molar-refractivity contribution in [1.82, 2.24) is 20.1 Å². The van der Waals surface area contributed by atoms with Gasteiger partial charge in [0.2, 0.25) is 5.91 Å². The summed E-state index contributed by atoms with van der Waals surface area (Å²) in [7, 11) is 0. The second-order valence-electron chi connectivity index (χ2n) is 7.24. The first-order chi connectivity index (χ1) is 13.7. The zero-order valence-corrected chi connectivity index (χ0v) is 15.9. The van der Waals surface area contributed by atoms with Crippen LogP contribution in [0, 0.1) is 0 Å². The molecule has 3 atom stereocenters. The van der Waals surface area contributed by atoms with E-state index in [1.54, 1.807) is 17.9 Å². The average molecular weight is 376 g/mol. The lowest BCUT2D eigenvalue weighted by Crippen LogP contribution is -2.42. The fourth-order valence-electron chi connectivity index (χ4n) is 3.83. The number of hydrogen-bond donors (Lipinski definition) is 1. The maximum absolute atomic E-state index is 11.6. The number of carbonyl (C=O) groups excluding carboxylic acids is 1. The Kier molecular flexibility index (Phi) is 5.48. The van der Waals surface area contributed by atoms with Crippen LogP contribution in [0.3, 0.4) is 0 Å². The van der Waals surface area contributed by atoms with Crippen molar-refractivity contribution in [2.45, 2.75) is 44.4 Å². The average Bonchev–Trinajstić information content (AvgIpc) is 3.23. The number of ether oxygens (including phenoxy) is 1. The minimum absolute atomic E-state index is 0.00522. The van der Waals surface area contributed by atoms with Gasteiger partial charge in [0.15, 0.2) is 0 Å². The molecular weight excluding hydrogens is 352 g/mol. The van der Waals surface area contributed by atoms with Crippen LogP contribution in [0.25, 0.3) is 5.69 Å². The van der Waals surface area contributed by atoms with Crippen molar-refractivity contribution in [3.8, 4) is 5.69 Å². The molecule has 0 radical (unpaired) electrons. The molecule has 0 bridgehead atoms. The monoisotopic (exact) mass is 376 g/mol. The van der Waals surface area contributed by atoms with Gasteiger partial charge in [0.1, 0.15) is 12.7 Å². The highest BCUT2D eigenvalue weighted by molar-refractivity contribution is 5.73. The molecule has 1 aromatic heterocycles. The van der Waals surface area contributed by atoms with Gasteiger partial charge in [0, 0.05) is 13.0 Å². The van der Waals surface area contributed by atoms with Crippen molar-refractivity contribution >= 4 is 5.91 Å². The summed E-state index contributed by atoms with van der Waals surface area (Å²) < 4.78 is 8.16. The van der Waals surface area contributed by atoms with E-state index in [1.165, 1.54) is 11.9 Å². The predicted molar refractivity (Wildman–Crippen MR) is 106 cm³/mol. The van der Waals surface area contributed by atoms with Crippen molar-refractivity contribution in [2.75, 3.05) is 0 Å². The second kappa shape index (κ2) is 8.35. The number of nitrogens with zero attached hydrogens (tertiary/aromatic N) is 3. The van der Waals surface area contributed by atoms with Gasteiger partial charge < -0.3 is 10.1 Å². The summed E-state index contributed by atoms with van der Waals surface area (Å²) in [5.74, 6) is 0.00522. The van der Waals surface area contributed by atoms with Crippen molar-refractivity contribution in [1.29, 1.82) is 0 Å². The summed E-state index contributed by atoms with van der Waals surface area (Å²) >= 11 is 0. The SMILES string of the molecule is CC(=O)N[C@@H]1C[C@H](Cc2ccccc2)O[C@H](c2ccc(-n3cncn3)cc2)C1. The molecule has 3 aromatic rings. The van der Waals surface area contributed by atoms with E-state index in [0.717, 1.165) is 30.5 Å². The molecule has 1 fully saturated rings. The minimum atomic E-state index is -0.0518. The quantitative estimate of drug-likeness (QED) is 0.742. The first-order valence-corrected chi connectivity index (χ1v) is 9.59. The minimum Gasteiger partial charge on any atom is -0.370 e. The lowest BCUT2D eigenvalue weighted by molar-refractivity contribution is -0.122. The third-order valence-electron chi connectivity index (χ3n) is 5.06. The predicted octanol–water partition coefficient (Wildman–Crippen LogP) is 3.23. The van der Waals surface area contributed by atoms with Crippen LogP contribution in [0.1, 0.15) is 37.0 Å². The molecule has 1 N–H and O–H groups in total. The summed E-state index contributed by atoms with van der Waals surface area (Å²) in [6.45, 7) is 1.57. The number of aromatic nitrogens is 3. The second-order valence-corrected chi connectivity index (χ2v) is 7.24. The van der Waals surface area contributed by atoms with E-state index >= 15 is 0 Å². The van der Waals surface area contributed by atoms with E-state index in [1.807, 2.05) is 30.3 Å². The van der Waals surface area contributed by atoms with Crippen molar-refractivity contribution in [2.24, 2.45) is 0 Å². The number of hydrogen-bond acceptors (Lipinski definition) is 4. The molecule has 1 aliphatic rings. The molecule has 6 nitrogen and oxygen atoms in total. The molecule has 6 heteroatoms. The van der Waals surface area contributed by atoms with Crippen LogP contribution in [-0.2, 0) is 16.0 Å². The van der Waals surface area contributed by atoms with E-state index < -0.39 is 0 Å². The van der Waals surface area contributed by atoms with Crippen LogP contribution in [0.4, 0.5) is 0 Å². The van der Waals surface area contributed by atoms with E-state index in [9.17, 15) is 4.79 Å². The number of benzene rings is 2. The number of carbonyl (C=O) groups is 1. The highest BCUT2D eigenvalue weighted by Gasteiger charge is 2.31. The summed E-state index contributed by atoms with van der Waals surface area (Å²) in [5, 5.41) is 7.25. The summed E-state index contributed by atoms with van der Waals surface area (Å²) in [4.78, 5) is 15.6. The number of amides is 1. The molecule has 0 unspecified atom stereocenters. The van der Waals surface area contributed by atoms with Crippen LogP contribution >= 0.6 is 0 Å². The van der Waals surface area contributed by atoms with Gasteiger partial charge in [0.05, 0.1) is 17.9 Å². The van der Waals surface area contributed by atoms with Gasteiger partial charge >= 0.3 is 0 Å². The fourth-order valence-corrected chi connectivity index (χ4v) is 3.83. The van der Waals surface area contributed by atoms with Crippen LogP contribution in [0.2, 0.25) is 0 Å². The molecule has 1 amide bonds. The molecule has 2 aromatic carbocycles. The van der Waals surface area contributed by atoms with Crippen molar-refractivity contribution in [3.63, 3.8) is 0 Å². The maximum atomic E-state index is 11.6. The summed E-state index contributed by atoms with van der Waals surface area (Å²) in [6, 6.07) is 18.6. The fraction of sp³-hybridized carbons (Fsp3) is 0.318. The molecule has 0 saturated carbocycles. The van der Waals surface area contributed by atoms with Gasteiger partial charge in [0.25, 0.3) is 0 Å². The van der Waals surface area contributed by atoms with E-state index in [4.69, 9.17) is 4.74 Å². The first kappa shape index (κ1) is 18.4. The van der Waals surface area contributed by atoms with Gasteiger partial charge in [-0.1, -0.05) is 42.5 Å². The Morgan fingerprint density at radius 2 is 1.93 bits per heavy atom. The molecule has 0 aliphatic carbocycles. The van der Waals surface area contributed by atoms with Gasteiger partial charge in [-0.25, -0.2) is 9.67 Å².